The van der Waals surface area contributed by atoms with Crippen molar-refractivity contribution in [2.45, 2.75) is 6.92 Å². The van der Waals surface area contributed by atoms with Crippen LogP contribution < -0.4 is 0 Å². The molecule has 3 heteroatoms. The lowest BCUT2D eigenvalue weighted by Gasteiger charge is -1.65. The lowest BCUT2D eigenvalue weighted by Crippen LogP contribution is -1.50. The van der Waals surface area contributed by atoms with E-state index in [-0.39, 0.29) is 6.47 Å². The molecule has 50 valence electrons. The van der Waals surface area contributed by atoms with Gasteiger partial charge in [0, 0.05) is 12.4 Å². The Morgan fingerprint density at radius 3 is 2.44 bits per heavy atom. The lowest BCUT2D eigenvalue weighted by atomic mass is 10.4. The summed E-state index contributed by atoms with van der Waals surface area (Å²) in [5.41, 5.74) is 1.29. The Labute approximate surface area is 53.3 Å². The smallest absolute Gasteiger partial charge is 0.290 e. The zero-order chi connectivity index (χ0) is 7.11. The number of carboxylic acid groups (broad SMARTS) is 1. The molecule has 0 aromatic carbocycles. The molecule has 0 aliphatic rings. The Morgan fingerprint density at radius 1 is 1.78 bits per heavy atom. The largest absolute Gasteiger partial charge is 0.483 e. The predicted octanol–water partition coefficient (Wildman–Crippen LogP) is 1.02. The number of aromatic nitrogens is 1. The molecule has 0 fully saturated rings. The predicted molar refractivity (Wildman–Crippen MR) is 34.2 cm³/mol. The summed E-state index contributed by atoms with van der Waals surface area (Å²) in [6, 6.07) is 2.03. The third-order valence-electron chi connectivity index (χ3n) is 0.753. The summed E-state index contributed by atoms with van der Waals surface area (Å²) in [6.45, 7) is 1.80. The van der Waals surface area contributed by atoms with Crippen LogP contribution in [-0.4, -0.2) is 16.6 Å². The maximum Gasteiger partial charge on any atom is 0.290 e. The van der Waals surface area contributed by atoms with Crippen LogP contribution in [0.25, 0.3) is 0 Å². The highest BCUT2D eigenvalue weighted by Gasteiger charge is 1.73. The van der Waals surface area contributed by atoms with Crippen LogP contribution in [0.2, 0.25) is 0 Å². The van der Waals surface area contributed by atoms with E-state index in [1.54, 1.807) is 0 Å². The number of hydrogen-bond donors (Lipinski definition) is 2. The molecule has 0 spiro atoms. The molecule has 0 amide bonds. The molecule has 1 rings (SSSR count). The molecule has 0 aliphatic heterocycles. The molecule has 0 saturated carbocycles. The second kappa shape index (κ2) is 4.90. The summed E-state index contributed by atoms with van der Waals surface area (Å²) in [4.78, 5) is 11.3. The van der Waals surface area contributed by atoms with Crippen LogP contribution in [0.4, 0.5) is 0 Å². The first-order chi connectivity index (χ1) is 4.31. The van der Waals surface area contributed by atoms with Gasteiger partial charge in [-0.25, -0.2) is 0 Å². The molecule has 1 aromatic rings. The van der Waals surface area contributed by atoms with Gasteiger partial charge in [-0.1, -0.05) is 0 Å². The highest BCUT2D eigenvalue weighted by Crippen LogP contribution is 1.88. The normalized spacial score (nSPS) is 7.22. The van der Waals surface area contributed by atoms with E-state index in [0.717, 1.165) is 0 Å². The van der Waals surface area contributed by atoms with Crippen LogP contribution in [0.1, 0.15) is 5.56 Å². The second-order valence-corrected chi connectivity index (χ2v) is 1.49. The maximum absolute atomic E-state index is 8.36. The number of carbonyl (C=O) groups is 1. The highest BCUT2D eigenvalue weighted by molar-refractivity contribution is 5.32. The molecular weight excluding hydrogens is 118 g/mol. The van der Waals surface area contributed by atoms with Gasteiger partial charge in [-0.05, 0) is 18.6 Å². The van der Waals surface area contributed by atoms with Crippen LogP contribution in [0.3, 0.4) is 0 Å². The van der Waals surface area contributed by atoms with Gasteiger partial charge in [-0.3, -0.25) is 4.79 Å². The van der Waals surface area contributed by atoms with E-state index in [1.807, 2.05) is 18.5 Å². The van der Waals surface area contributed by atoms with Gasteiger partial charge in [0.2, 0.25) is 0 Å². The Morgan fingerprint density at radius 2 is 2.33 bits per heavy atom. The molecule has 0 bridgehead atoms. The van der Waals surface area contributed by atoms with Gasteiger partial charge < -0.3 is 10.1 Å². The maximum atomic E-state index is 8.36. The standard InChI is InChI=1S/C5H7N.CH2O2/c1-5-2-3-6-4-5;2-1-3/h2-4,6H,1H3;1H,(H,2,3). The Balaban J connectivity index is 0.000000187. The second-order valence-electron chi connectivity index (χ2n) is 1.49. The molecule has 1 aromatic heterocycles. The van der Waals surface area contributed by atoms with Crippen molar-refractivity contribution in [2.75, 3.05) is 0 Å². The van der Waals surface area contributed by atoms with E-state index in [9.17, 15) is 0 Å². The van der Waals surface area contributed by atoms with Crippen LogP contribution in [0.5, 0.6) is 0 Å². The average molecular weight is 127 g/mol. The first kappa shape index (κ1) is 7.75. The Bertz CT molecular complexity index is 146. The van der Waals surface area contributed by atoms with Crippen molar-refractivity contribution >= 4 is 6.47 Å². The van der Waals surface area contributed by atoms with E-state index in [1.165, 1.54) is 5.56 Å². The minimum atomic E-state index is -0.250. The fourth-order valence-electron chi connectivity index (χ4n) is 0.407. The van der Waals surface area contributed by atoms with Crippen LogP contribution >= 0.6 is 0 Å². The first-order valence-corrected chi connectivity index (χ1v) is 2.48. The van der Waals surface area contributed by atoms with Crippen LogP contribution in [-0.2, 0) is 4.79 Å². The SMILES string of the molecule is Cc1cc[nH]c1.O=CO. The molecule has 0 aliphatic carbocycles. The minimum Gasteiger partial charge on any atom is -0.483 e. The summed E-state index contributed by atoms with van der Waals surface area (Å²) in [5, 5.41) is 6.89. The Kier molecular flexibility index (Phi) is 4.22. The van der Waals surface area contributed by atoms with Crippen LogP contribution in [0, 0.1) is 6.92 Å². The summed E-state index contributed by atoms with van der Waals surface area (Å²) in [5.74, 6) is 0. The quantitative estimate of drug-likeness (QED) is 0.511. The van der Waals surface area contributed by atoms with Gasteiger partial charge in [0.15, 0.2) is 0 Å². The number of hydrogen-bond acceptors (Lipinski definition) is 1. The van der Waals surface area contributed by atoms with Gasteiger partial charge in [-0.15, -0.1) is 0 Å². The minimum absolute atomic E-state index is 0.250. The van der Waals surface area contributed by atoms with Crippen LogP contribution in [0.15, 0.2) is 18.5 Å². The van der Waals surface area contributed by atoms with Crippen molar-refractivity contribution in [1.29, 1.82) is 0 Å². The molecule has 3 nitrogen and oxygen atoms in total. The van der Waals surface area contributed by atoms with Crippen molar-refractivity contribution in [3.05, 3.63) is 24.0 Å². The monoisotopic (exact) mass is 127 g/mol. The number of aryl methyl sites for hydroxylation is 1. The van der Waals surface area contributed by atoms with Crippen molar-refractivity contribution in [3.63, 3.8) is 0 Å². The van der Waals surface area contributed by atoms with Gasteiger partial charge in [-0.2, -0.15) is 0 Å². The van der Waals surface area contributed by atoms with E-state index >= 15 is 0 Å². The molecule has 9 heavy (non-hydrogen) atoms. The molecule has 0 radical (unpaired) electrons. The summed E-state index contributed by atoms with van der Waals surface area (Å²) < 4.78 is 0. The third kappa shape index (κ3) is 4.61. The number of nitrogens with one attached hydrogen (secondary N) is 1. The number of aromatic amines is 1. The first-order valence-electron chi connectivity index (χ1n) is 2.48. The van der Waals surface area contributed by atoms with E-state index in [0.29, 0.717) is 0 Å². The lowest BCUT2D eigenvalue weighted by molar-refractivity contribution is -0.122. The van der Waals surface area contributed by atoms with E-state index in [2.05, 4.69) is 11.9 Å². The topological polar surface area (TPSA) is 53.1 Å². The molecule has 0 saturated heterocycles. The molecular formula is C6H9NO2. The van der Waals surface area contributed by atoms with Crippen molar-refractivity contribution in [3.8, 4) is 0 Å². The zero-order valence-corrected chi connectivity index (χ0v) is 5.16. The summed E-state index contributed by atoms with van der Waals surface area (Å²) in [6.07, 6.45) is 3.87. The highest BCUT2D eigenvalue weighted by atomic mass is 16.3. The Hall–Kier alpha value is -1.25. The van der Waals surface area contributed by atoms with Crippen molar-refractivity contribution in [1.82, 2.24) is 4.98 Å². The fraction of sp³-hybridized carbons (Fsp3) is 0.167. The zero-order valence-electron chi connectivity index (χ0n) is 5.16. The molecule has 0 atom stereocenters. The van der Waals surface area contributed by atoms with E-state index in [4.69, 9.17) is 9.90 Å². The average Bonchev–Trinajstić information content (AvgIpc) is 2.20. The number of H-pyrrole nitrogens is 1. The molecule has 1 heterocycles. The molecule has 0 unspecified atom stereocenters. The van der Waals surface area contributed by atoms with Gasteiger partial charge in [0.1, 0.15) is 0 Å². The van der Waals surface area contributed by atoms with E-state index < -0.39 is 0 Å². The number of rotatable bonds is 0. The summed E-state index contributed by atoms with van der Waals surface area (Å²) in [7, 11) is 0. The fourth-order valence-corrected chi connectivity index (χ4v) is 0.407. The van der Waals surface area contributed by atoms with Gasteiger partial charge >= 0.3 is 0 Å². The molecule has 2 N–H and O–H groups in total. The summed E-state index contributed by atoms with van der Waals surface area (Å²) >= 11 is 0. The van der Waals surface area contributed by atoms with Gasteiger partial charge in [0.05, 0.1) is 0 Å². The van der Waals surface area contributed by atoms with Crippen molar-refractivity contribution < 1.29 is 9.90 Å². The third-order valence-corrected chi connectivity index (χ3v) is 0.753. The van der Waals surface area contributed by atoms with Crippen molar-refractivity contribution in [2.24, 2.45) is 0 Å². The van der Waals surface area contributed by atoms with Gasteiger partial charge in [0.25, 0.3) is 6.47 Å².